The second kappa shape index (κ2) is 9.20. The lowest BCUT2D eigenvalue weighted by Gasteiger charge is -2.46. The van der Waals surface area contributed by atoms with Crippen LogP contribution in [0.1, 0.15) is 31.9 Å². The van der Waals surface area contributed by atoms with Crippen molar-refractivity contribution in [2.45, 2.75) is 39.3 Å². The van der Waals surface area contributed by atoms with Crippen LogP contribution in [0, 0.1) is 0 Å². The highest BCUT2D eigenvalue weighted by Gasteiger charge is 2.50. The van der Waals surface area contributed by atoms with Gasteiger partial charge in [0.1, 0.15) is 5.54 Å². The van der Waals surface area contributed by atoms with E-state index in [1.807, 2.05) is 61.5 Å². The maximum absolute atomic E-state index is 13.4. The molecule has 1 saturated heterocycles. The summed E-state index contributed by atoms with van der Waals surface area (Å²) in [4.78, 5) is 28.0. The van der Waals surface area contributed by atoms with Gasteiger partial charge in [0.2, 0.25) is 21.8 Å². The Kier molecular flexibility index (Phi) is 6.81. The number of anilines is 1. The summed E-state index contributed by atoms with van der Waals surface area (Å²) in [6.45, 7) is 5.08. The number of benzene rings is 2. The quantitative estimate of drug-likeness (QED) is 0.712. The van der Waals surface area contributed by atoms with Crippen LogP contribution >= 0.6 is 0 Å². The molecular weight excluding hydrogens is 414 g/mol. The van der Waals surface area contributed by atoms with Gasteiger partial charge in [-0.2, -0.15) is 4.31 Å². The number of hydrogen-bond acceptors (Lipinski definition) is 4. The molecule has 2 aromatic rings. The van der Waals surface area contributed by atoms with Crippen LogP contribution in [0.15, 0.2) is 54.6 Å². The molecule has 0 unspecified atom stereocenters. The van der Waals surface area contributed by atoms with Gasteiger partial charge < -0.3 is 5.32 Å². The molecule has 0 saturated carbocycles. The third-order valence-electron chi connectivity index (χ3n) is 5.68. The van der Waals surface area contributed by atoms with Crippen molar-refractivity contribution in [2.24, 2.45) is 0 Å². The average Bonchev–Trinajstić information content (AvgIpc) is 2.78. The molecule has 1 atom stereocenters. The number of nitrogens with one attached hydrogen (secondary N) is 1. The van der Waals surface area contributed by atoms with E-state index in [0.717, 1.165) is 21.9 Å². The minimum Gasteiger partial charge on any atom is -0.350 e. The van der Waals surface area contributed by atoms with Gasteiger partial charge in [0.25, 0.3) is 0 Å². The molecule has 2 amide bonds. The number of hydrogen-bond donors (Lipinski definition) is 1. The molecule has 1 fully saturated rings. The van der Waals surface area contributed by atoms with E-state index in [-0.39, 0.29) is 25.4 Å². The van der Waals surface area contributed by atoms with E-state index < -0.39 is 27.4 Å². The Hall–Kier alpha value is -2.71. The Morgan fingerprint density at radius 2 is 1.68 bits per heavy atom. The van der Waals surface area contributed by atoms with E-state index in [9.17, 15) is 18.0 Å². The number of amides is 2. The lowest BCUT2D eigenvalue weighted by molar-refractivity contribution is -0.133. The van der Waals surface area contributed by atoms with Crippen molar-refractivity contribution < 1.29 is 18.0 Å². The monoisotopic (exact) mass is 443 g/mol. The van der Waals surface area contributed by atoms with Crippen LogP contribution in [0.2, 0.25) is 0 Å². The Morgan fingerprint density at radius 1 is 1.03 bits per heavy atom. The molecule has 0 aliphatic carbocycles. The highest BCUT2D eigenvalue weighted by Crippen LogP contribution is 2.31. The summed E-state index contributed by atoms with van der Waals surface area (Å²) in [6.07, 6.45) is 0.853. The lowest BCUT2D eigenvalue weighted by Crippen LogP contribution is -2.70. The molecule has 3 rings (SSSR count). The first-order chi connectivity index (χ1) is 14.7. The molecule has 1 aliphatic rings. The lowest BCUT2D eigenvalue weighted by atomic mass is 9.94. The zero-order valence-electron chi connectivity index (χ0n) is 18.2. The molecule has 0 bridgehead atoms. The molecule has 1 aliphatic heterocycles. The van der Waals surface area contributed by atoms with Crippen molar-refractivity contribution in [3.8, 4) is 0 Å². The molecule has 2 aromatic carbocycles. The Morgan fingerprint density at radius 3 is 2.26 bits per heavy atom. The van der Waals surface area contributed by atoms with Crippen LogP contribution in [0.5, 0.6) is 0 Å². The van der Waals surface area contributed by atoms with Gasteiger partial charge in [-0.1, -0.05) is 49.4 Å². The fourth-order valence-corrected chi connectivity index (χ4v) is 4.92. The standard InChI is InChI=1S/C23H29N3O4S/c1-4-18-11-13-20(14-12-18)26-21(27)16-25(31(29,30)5-2)17-23(26,3)22(28)24-15-19-9-7-6-8-10-19/h6-14H,4-5,15-17H2,1-3H3,(H,24,28)/t23-/m0/s1. The zero-order chi connectivity index (χ0) is 22.6. The largest absolute Gasteiger partial charge is 0.350 e. The molecule has 1 heterocycles. The van der Waals surface area contributed by atoms with E-state index in [2.05, 4.69) is 5.32 Å². The molecule has 1 N–H and O–H groups in total. The fraction of sp³-hybridized carbons (Fsp3) is 0.391. The van der Waals surface area contributed by atoms with Crippen LogP contribution < -0.4 is 10.2 Å². The fourth-order valence-electron chi connectivity index (χ4n) is 3.80. The van der Waals surface area contributed by atoms with Gasteiger partial charge in [-0.3, -0.25) is 14.5 Å². The Bertz CT molecular complexity index is 1040. The summed E-state index contributed by atoms with van der Waals surface area (Å²) in [5, 5.41) is 2.89. The van der Waals surface area contributed by atoms with E-state index in [4.69, 9.17) is 0 Å². The first-order valence-electron chi connectivity index (χ1n) is 10.4. The minimum absolute atomic E-state index is 0.106. The highest BCUT2D eigenvalue weighted by atomic mass is 32.2. The molecule has 0 spiro atoms. The normalized spacial score (nSPS) is 20.0. The SMILES string of the molecule is CCc1ccc(N2C(=O)CN(S(=O)(=O)CC)C[C@@]2(C)C(=O)NCc2ccccc2)cc1. The van der Waals surface area contributed by atoms with E-state index in [0.29, 0.717) is 5.69 Å². The molecule has 0 radical (unpaired) electrons. The van der Waals surface area contributed by atoms with Crippen LogP contribution in [0.3, 0.4) is 0 Å². The van der Waals surface area contributed by atoms with Crippen LogP contribution in [0.4, 0.5) is 5.69 Å². The van der Waals surface area contributed by atoms with Crippen molar-refractivity contribution >= 4 is 27.5 Å². The number of sulfonamides is 1. The number of nitrogens with zero attached hydrogens (tertiary/aromatic N) is 2. The number of piperazine rings is 1. The van der Waals surface area contributed by atoms with Crippen molar-refractivity contribution in [2.75, 3.05) is 23.7 Å². The van der Waals surface area contributed by atoms with Crippen LogP contribution in [-0.4, -0.2) is 48.9 Å². The maximum Gasteiger partial charge on any atom is 0.247 e. The predicted molar refractivity (Wildman–Crippen MR) is 121 cm³/mol. The summed E-state index contributed by atoms with van der Waals surface area (Å²) < 4.78 is 26.2. The second-order valence-electron chi connectivity index (χ2n) is 7.86. The predicted octanol–water partition coefficient (Wildman–Crippen LogP) is 2.32. The third-order valence-corrected chi connectivity index (χ3v) is 7.46. The van der Waals surface area contributed by atoms with E-state index in [1.54, 1.807) is 6.92 Å². The van der Waals surface area contributed by atoms with Crippen molar-refractivity contribution in [3.05, 3.63) is 65.7 Å². The first-order valence-corrected chi connectivity index (χ1v) is 12.0. The van der Waals surface area contributed by atoms with Gasteiger partial charge in [-0.05, 0) is 43.5 Å². The topological polar surface area (TPSA) is 86.8 Å². The molecule has 8 heteroatoms. The summed E-state index contributed by atoms with van der Waals surface area (Å²) in [5.74, 6) is -0.960. The number of carbonyl (C=O) groups is 2. The van der Waals surface area contributed by atoms with Gasteiger partial charge in [-0.25, -0.2) is 8.42 Å². The molecule has 31 heavy (non-hydrogen) atoms. The van der Waals surface area contributed by atoms with Gasteiger partial charge in [0, 0.05) is 18.8 Å². The van der Waals surface area contributed by atoms with Gasteiger partial charge in [0.05, 0.1) is 12.3 Å². The number of aryl methyl sites for hydroxylation is 1. The van der Waals surface area contributed by atoms with E-state index >= 15 is 0 Å². The summed E-state index contributed by atoms with van der Waals surface area (Å²) in [5.41, 5.74) is 1.21. The van der Waals surface area contributed by atoms with E-state index in [1.165, 1.54) is 11.8 Å². The van der Waals surface area contributed by atoms with Crippen LogP contribution in [0.25, 0.3) is 0 Å². The minimum atomic E-state index is -3.64. The number of rotatable bonds is 7. The zero-order valence-corrected chi connectivity index (χ0v) is 19.0. The molecule has 7 nitrogen and oxygen atoms in total. The summed E-state index contributed by atoms with van der Waals surface area (Å²) in [6, 6.07) is 16.9. The maximum atomic E-state index is 13.4. The second-order valence-corrected chi connectivity index (χ2v) is 10.1. The van der Waals surface area contributed by atoms with Crippen molar-refractivity contribution in [3.63, 3.8) is 0 Å². The van der Waals surface area contributed by atoms with Gasteiger partial charge in [0.15, 0.2) is 0 Å². The highest BCUT2D eigenvalue weighted by molar-refractivity contribution is 7.89. The summed E-state index contributed by atoms with van der Waals surface area (Å²) in [7, 11) is -3.64. The van der Waals surface area contributed by atoms with Crippen molar-refractivity contribution in [1.29, 1.82) is 0 Å². The molecular formula is C23H29N3O4S. The molecule has 166 valence electrons. The van der Waals surface area contributed by atoms with Gasteiger partial charge >= 0.3 is 0 Å². The number of carbonyl (C=O) groups excluding carboxylic acids is 2. The Balaban J connectivity index is 1.96. The third kappa shape index (κ3) is 4.80. The Labute approximate surface area is 184 Å². The van der Waals surface area contributed by atoms with Crippen molar-refractivity contribution in [1.82, 2.24) is 9.62 Å². The van der Waals surface area contributed by atoms with Gasteiger partial charge in [-0.15, -0.1) is 0 Å². The first kappa shape index (κ1) is 23.0. The average molecular weight is 444 g/mol. The van der Waals surface area contributed by atoms with Crippen LogP contribution in [-0.2, 0) is 32.6 Å². The molecule has 0 aromatic heterocycles. The summed E-state index contributed by atoms with van der Waals surface area (Å²) >= 11 is 0. The smallest absolute Gasteiger partial charge is 0.247 e.